The van der Waals surface area contributed by atoms with Gasteiger partial charge in [0.25, 0.3) is 11.5 Å². The maximum Gasteiger partial charge on any atom is 0.276 e. The molecule has 0 bridgehead atoms. The Balaban J connectivity index is 1.70. The summed E-state index contributed by atoms with van der Waals surface area (Å²) in [5, 5.41) is 6.76. The van der Waals surface area contributed by atoms with E-state index in [2.05, 4.69) is 15.1 Å². The predicted molar refractivity (Wildman–Crippen MR) is 118 cm³/mol. The van der Waals surface area contributed by atoms with Crippen molar-refractivity contribution in [3.8, 4) is 5.75 Å². The van der Waals surface area contributed by atoms with Crippen LogP contribution in [0.5, 0.6) is 5.75 Å². The third-order valence-electron chi connectivity index (χ3n) is 4.21. The standard InChI is InChI=1S/C21H22N4O5S/c1-15-8-9-16(14-19(15)24-31(2,28)29)22-21(27)18-10-11-20(26)25(23-18)12-13-30-17-6-4-3-5-7-17/h3-11,14,24H,12-13H2,1-2H3,(H,22,27). The summed E-state index contributed by atoms with van der Waals surface area (Å²) in [5.41, 5.74) is 1.12. The SMILES string of the molecule is Cc1ccc(NC(=O)c2ccc(=O)n(CCOc3ccccc3)n2)cc1NS(C)(=O)=O. The number of ether oxygens (including phenoxy) is 1. The number of hydrogen-bond acceptors (Lipinski definition) is 6. The van der Waals surface area contributed by atoms with Crippen LogP contribution >= 0.6 is 0 Å². The van der Waals surface area contributed by atoms with Crippen LogP contribution in [0.3, 0.4) is 0 Å². The summed E-state index contributed by atoms with van der Waals surface area (Å²) in [6.07, 6.45) is 1.05. The number of amides is 1. The maximum atomic E-state index is 12.6. The molecular formula is C21H22N4O5S. The van der Waals surface area contributed by atoms with Crippen molar-refractivity contribution in [3.63, 3.8) is 0 Å². The lowest BCUT2D eigenvalue weighted by atomic mass is 10.2. The van der Waals surface area contributed by atoms with Gasteiger partial charge in [0.2, 0.25) is 10.0 Å². The molecule has 0 saturated carbocycles. The molecule has 9 nitrogen and oxygen atoms in total. The van der Waals surface area contributed by atoms with Crippen LogP contribution in [0, 0.1) is 6.92 Å². The average Bonchev–Trinajstić information content (AvgIpc) is 2.71. The molecule has 0 unspecified atom stereocenters. The average molecular weight is 442 g/mol. The van der Waals surface area contributed by atoms with E-state index >= 15 is 0 Å². The van der Waals surface area contributed by atoms with E-state index in [4.69, 9.17) is 4.74 Å². The largest absolute Gasteiger partial charge is 0.492 e. The number of rotatable bonds is 8. The zero-order valence-electron chi connectivity index (χ0n) is 17.0. The molecule has 1 heterocycles. The zero-order valence-corrected chi connectivity index (χ0v) is 17.8. The van der Waals surface area contributed by atoms with Gasteiger partial charge in [-0.3, -0.25) is 14.3 Å². The van der Waals surface area contributed by atoms with Gasteiger partial charge in [-0.2, -0.15) is 5.10 Å². The fourth-order valence-corrected chi connectivity index (χ4v) is 3.32. The van der Waals surface area contributed by atoms with Crippen LogP contribution in [0.2, 0.25) is 0 Å². The molecule has 0 aliphatic carbocycles. The fourth-order valence-electron chi connectivity index (χ4n) is 2.70. The molecular weight excluding hydrogens is 420 g/mol. The molecule has 1 aromatic heterocycles. The Labute approximate surface area is 179 Å². The molecule has 162 valence electrons. The number of benzene rings is 2. The van der Waals surface area contributed by atoms with Crippen molar-refractivity contribution in [1.29, 1.82) is 0 Å². The molecule has 0 spiro atoms. The van der Waals surface area contributed by atoms with E-state index in [0.29, 0.717) is 22.7 Å². The number of aromatic nitrogens is 2. The summed E-state index contributed by atoms with van der Waals surface area (Å²) >= 11 is 0. The predicted octanol–water partition coefficient (Wildman–Crippen LogP) is 2.25. The van der Waals surface area contributed by atoms with Crippen molar-refractivity contribution in [2.75, 3.05) is 22.9 Å². The molecule has 0 fully saturated rings. The normalized spacial score (nSPS) is 11.0. The minimum absolute atomic E-state index is 0.0394. The zero-order chi connectivity index (χ0) is 22.4. The topological polar surface area (TPSA) is 119 Å². The van der Waals surface area contributed by atoms with Crippen molar-refractivity contribution in [2.45, 2.75) is 13.5 Å². The lowest BCUT2D eigenvalue weighted by Crippen LogP contribution is -2.28. The van der Waals surface area contributed by atoms with Gasteiger partial charge in [-0.1, -0.05) is 24.3 Å². The van der Waals surface area contributed by atoms with E-state index in [0.717, 1.165) is 10.9 Å². The highest BCUT2D eigenvalue weighted by Crippen LogP contribution is 2.21. The smallest absolute Gasteiger partial charge is 0.276 e. The first kappa shape index (κ1) is 22.0. The van der Waals surface area contributed by atoms with Gasteiger partial charge in [-0.05, 0) is 42.8 Å². The number of hydrogen-bond donors (Lipinski definition) is 2. The van der Waals surface area contributed by atoms with Crippen molar-refractivity contribution in [3.05, 3.63) is 82.3 Å². The van der Waals surface area contributed by atoms with E-state index in [1.165, 1.54) is 18.2 Å². The second-order valence-corrected chi connectivity index (χ2v) is 8.55. The second-order valence-electron chi connectivity index (χ2n) is 6.80. The molecule has 0 radical (unpaired) electrons. The number of para-hydroxylation sites is 1. The van der Waals surface area contributed by atoms with E-state index in [-0.39, 0.29) is 24.4 Å². The molecule has 2 N–H and O–H groups in total. The fraction of sp³-hybridized carbons (Fsp3) is 0.190. The minimum atomic E-state index is -3.46. The lowest BCUT2D eigenvalue weighted by Gasteiger charge is -2.12. The highest BCUT2D eigenvalue weighted by atomic mass is 32.2. The van der Waals surface area contributed by atoms with Gasteiger partial charge >= 0.3 is 0 Å². The quantitative estimate of drug-likeness (QED) is 0.552. The first-order valence-electron chi connectivity index (χ1n) is 9.37. The molecule has 31 heavy (non-hydrogen) atoms. The van der Waals surface area contributed by atoms with Gasteiger partial charge in [-0.15, -0.1) is 0 Å². The molecule has 2 aromatic carbocycles. The van der Waals surface area contributed by atoms with Crippen LogP contribution in [0.1, 0.15) is 16.1 Å². The van der Waals surface area contributed by atoms with E-state index in [1.807, 2.05) is 18.2 Å². The molecule has 10 heteroatoms. The second kappa shape index (κ2) is 9.43. The Morgan fingerprint density at radius 2 is 1.84 bits per heavy atom. The number of carbonyl (C=O) groups excluding carboxylic acids is 1. The van der Waals surface area contributed by atoms with E-state index in [9.17, 15) is 18.0 Å². The number of aryl methyl sites for hydroxylation is 1. The highest BCUT2D eigenvalue weighted by Gasteiger charge is 2.12. The number of nitrogens with one attached hydrogen (secondary N) is 2. The molecule has 3 rings (SSSR count). The van der Waals surface area contributed by atoms with Crippen LogP contribution in [-0.2, 0) is 16.6 Å². The summed E-state index contributed by atoms with van der Waals surface area (Å²) in [4.78, 5) is 24.7. The van der Waals surface area contributed by atoms with Crippen LogP contribution < -0.4 is 20.3 Å². The first-order chi connectivity index (χ1) is 14.7. The Bertz CT molecular complexity index is 1240. The van der Waals surface area contributed by atoms with Gasteiger partial charge in [0.05, 0.1) is 18.5 Å². The minimum Gasteiger partial charge on any atom is -0.492 e. The van der Waals surface area contributed by atoms with Gasteiger partial charge in [0, 0.05) is 11.8 Å². The monoisotopic (exact) mass is 442 g/mol. The van der Waals surface area contributed by atoms with Crippen molar-refractivity contribution < 1.29 is 17.9 Å². The highest BCUT2D eigenvalue weighted by molar-refractivity contribution is 7.92. The first-order valence-corrected chi connectivity index (χ1v) is 11.3. The van der Waals surface area contributed by atoms with Crippen LogP contribution in [0.25, 0.3) is 0 Å². The third-order valence-corrected chi connectivity index (χ3v) is 4.80. The van der Waals surface area contributed by atoms with Gasteiger partial charge in [0.1, 0.15) is 18.1 Å². The molecule has 0 atom stereocenters. The molecule has 0 aliphatic heterocycles. The van der Waals surface area contributed by atoms with E-state index in [1.54, 1.807) is 31.2 Å². The van der Waals surface area contributed by atoms with Gasteiger partial charge < -0.3 is 10.1 Å². The van der Waals surface area contributed by atoms with Crippen LogP contribution in [0.4, 0.5) is 11.4 Å². The summed E-state index contributed by atoms with van der Waals surface area (Å²) in [6, 6.07) is 16.6. The number of nitrogens with zero attached hydrogens (tertiary/aromatic N) is 2. The van der Waals surface area contributed by atoms with Crippen molar-refractivity contribution >= 4 is 27.3 Å². The Kier molecular flexibility index (Phi) is 6.71. The molecule has 1 amide bonds. The van der Waals surface area contributed by atoms with Crippen molar-refractivity contribution in [2.24, 2.45) is 0 Å². The number of carbonyl (C=O) groups is 1. The lowest BCUT2D eigenvalue weighted by molar-refractivity contribution is 0.101. The van der Waals surface area contributed by atoms with Gasteiger partial charge in [0.15, 0.2) is 0 Å². The molecule has 3 aromatic rings. The Morgan fingerprint density at radius 3 is 2.55 bits per heavy atom. The Morgan fingerprint density at radius 1 is 1.10 bits per heavy atom. The maximum absolute atomic E-state index is 12.6. The van der Waals surface area contributed by atoms with Crippen LogP contribution in [-0.4, -0.2) is 37.0 Å². The Hall–Kier alpha value is -3.66. The number of sulfonamides is 1. The van der Waals surface area contributed by atoms with Crippen molar-refractivity contribution in [1.82, 2.24) is 9.78 Å². The summed E-state index contributed by atoms with van der Waals surface area (Å²) < 4.78 is 32.1. The third kappa shape index (κ3) is 6.41. The molecule has 0 aliphatic rings. The van der Waals surface area contributed by atoms with E-state index < -0.39 is 15.9 Å². The molecule has 0 saturated heterocycles. The van der Waals surface area contributed by atoms with Gasteiger partial charge in [-0.25, -0.2) is 13.1 Å². The number of anilines is 2. The summed E-state index contributed by atoms with van der Waals surface area (Å²) in [7, 11) is -3.46. The summed E-state index contributed by atoms with van der Waals surface area (Å²) in [6.45, 7) is 2.12. The summed E-state index contributed by atoms with van der Waals surface area (Å²) in [5.74, 6) is 0.134. The van der Waals surface area contributed by atoms with Crippen LogP contribution in [0.15, 0.2) is 65.5 Å².